The van der Waals surface area contributed by atoms with Crippen LogP contribution < -0.4 is 0 Å². The van der Waals surface area contributed by atoms with Crippen molar-refractivity contribution in [3.8, 4) is 0 Å². The van der Waals surface area contributed by atoms with Crippen molar-refractivity contribution >= 4 is 58.3 Å². The minimum Gasteiger partial charge on any atom is -0.227 e. The highest BCUT2D eigenvalue weighted by molar-refractivity contribution is 8.22. The zero-order chi connectivity index (χ0) is 9.52. The average molecular weight is 246 g/mol. The summed E-state index contributed by atoms with van der Waals surface area (Å²) in [5.74, 6) is 0. The standard InChI is InChI=1S/C7H6N2S4/c10-3-8-1-6-7(2-9-4-11)13-5-12-6/h1-2,5H2. The number of isothiocyanates is 2. The maximum atomic E-state index is 4.50. The summed E-state index contributed by atoms with van der Waals surface area (Å²) in [4.78, 5) is 10.3. The van der Waals surface area contributed by atoms with E-state index in [1.54, 1.807) is 23.5 Å². The van der Waals surface area contributed by atoms with Crippen LogP contribution >= 0.6 is 48.0 Å². The number of hydrogen-bond acceptors (Lipinski definition) is 6. The molecule has 1 aliphatic rings. The second-order valence-corrected chi connectivity index (χ2v) is 4.94. The fourth-order valence-corrected chi connectivity index (χ4v) is 3.43. The Bertz CT molecular complexity index is 280. The Morgan fingerprint density at radius 1 is 1.08 bits per heavy atom. The van der Waals surface area contributed by atoms with Crippen LogP contribution in [-0.4, -0.2) is 28.5 Å². The van der Waals surface area contributed by atoms with E-state index in [0.717, 1.165) is 5.08 Å². The molecule has 13 heavy (non-hydrogen) atoms. The Morgan fingerprint density at radius 2 is 1.54 bits per heavy atom. The van der Waals surface area contributed by atoms with Crippen LogP contribution in [0.3, 0.4) is 0 Å². The summed E-state index contributed by atoms with van der Waals surface area (Å²) in [5, 5.41) is 5.74. The van der Waals surface area contributed by atoms with Gasteiger partial charge in [0.1, 0.15) is 0 Å². The molecule has 1 aliphatic heterocycles. The van der Waals surface area contributed by atoms with Crippen molar-refractivity contribution in [3.05, 3.63) is 9.81 Å². The van der Waals surface area contributed by atoms with E-state index in [0.29, 0.717) is 13.1 Å². The van der Waals surface area contributed by atoms with Crippen molar-refractivity contribution in [1.29, 1.82) is 0 Å². The predicted octanol–water partition coefficient (Wildman–Crippen LogP) is 2.84. The molecule has 0 atom stereocenters. The van der Waals surface area contributed by atoms with Gasteiger partial charge in [-0.15, -0.1) is 23.5 Å². The van der Waals surface area contributed by atoms with Gasteiger partial charge in [-0.05, 0) is 24.4 Å². The summed E-state index contributed by atoms with van der Waals surface area (Å²) < 4.78 is 0. The first-order valence-electron chi connectivity index (χ1n) is 3.43. The van der Waals surface area contributed by atoms with Crippen molar-refractivity contribution in [1.82, 2.24) is 0 Å². The maximum absolute atomic E-state index is 4.50. The molecular weight excluding hydrogens is 240 g/mol. The van der Waals surface area contributed by atoms with Gasteiger partial charge in [-0.25, -0.2) is 9.98 Å². The van der Waals surface area contributed by atoms with Crippen LogP contribution in [0.1, 0.15) is 0 Å². The summed E-state index contributed by atoms with van der Waals surface area (Å²) in [6.07, 6.45) is 0. The molecule has 2 nitrogen and oxygen atoms in total. The van der Waals surface area contributed by atoms with Gasteiger partial charge in [0, 0.05) is 14.9 Å². The summed E-state index contributed by atoms with van der Waals surface area (Å²) in [7, 11) is 0. The monoisotopic (exact) mass is 246 g/mol. The highest BCUT2D eigenvalue weighted by atomic mass is 32.2. The molecule has 1 heterocycles. The number of thioether (sulfide) groups is 2. The van der Waals surface area contributed by atoms with Gasteiger partial charge in [-0.1, -0.05) is 0 Å². The maximum Gasteiger partial charge on any atom is 0.0810 e. The lowest BCUT2D eigenvalue weighted by Crippen LogP contribution is -1.87. The normalized spacial score (nSPS) is 15.1. The molecule has 0 aromatic rings. The molecule has 0 N–H and O–H groups in total. The van der Waals surface area contributed by atoms with Crippen molar-refractivity contribution < 1.29 is 0 Å². The molecule has 0 bridgehead atoms. The molecule has 68 valence electrons. The van der Waals surface area contributed by atoms with Crippen LogP contribution in [0.5, 0.6) is 0 Å². The predicted molar refractivity (Wildman–Crippen MR) is 66.9 cm³/mol. The Balaban J connectivity index is 2.64. The fraction of sp³-hybridized carbons (Fsp3) is 0.429. The Labute approximate surface area is 96.0 Å². The van der Waals surface area contributed by atoms with E-state index in [-0.39, 0.29) is 0 Å². The lowest BCUT2D eigenvalue weighted by molar-refractivity contribution is 1.18. The molecule has 0 aliphatic carbocycles. The van der Waals surface area contributed by atoms with Gasteiger partial charge in [0.2, 0.25) is 0 Å². The molecule has 1 rings (SSSR count). The second-order valence-electron chi connectivity index (χ2n) is 2.07. The smallest absolute Gasteiger partial charge is 0.0810 e. The van der Waals surface area contributed by atoms with Crippen LogP contribution in [0.15, 0.2) is 19.8 Å². The van der Waals surface area contributed by atoms with Crippen molar-refractivity contribution in [2.45, 2.75) is 0 Å². The minimum atomic E-state index is 0.628. The largest absolute Gasteiger partial charge is 0.227 e. The van der Waals surface area contributed by atoms with Crippen LogP contribution in [-0.2, 0) is 0 Å². The Hall–Kier alpha value is 0.0400. The Kier molecular flexibility index (Phi) is 5.55. The lowest BCUT2D eigenvalue weighted by Gasteiger charge is -1.96. The highest BCUT2D eigenvalue weighted by Crippen LogP contribution is 2.39. The number of nitrogens with zero attached hydrogens (tertiary/aromatic N) is 2. The number of hydrogen-bond donors (Lipinski definition) is 0. The molecule has 0 fully saturated rings. The minimum absolute atomic E-state index is 0.628. The van der Waals surface area contributed by atoms with Crippen molar-refractivity contribution in [3.63, 3.8) is 0 Å². The summed E-state index contributed by atoms with van der Waals surface area (Å²) in [6, 6.07) is 0. The van der Waals surface area contributed by atoms with E-state index < -0.39 is 0 Å². The van der Waals surface area contributed by atoms with Crippen molar-refractivity contribution in [2.24, 2.45) is 9.98 Å². The van der Waals surface area contributed by atoms with Crippen LogP contribution in [0, 0.1) is 0 Å². The summed E-state index contributed by atoms with van der Waals surface area (Å²) in [6.45, 7) is 1.26. The zero-order valence-electron chi connectivity index (χ0n) is 6.65. The van der Waals surface area contributed by atoms with Crippen molar-refractivity contribution in [2.75, 3.05) is 18.2 Å². The summed E-state index contributed by atoms with van der Waals surface area (Å²) in [5.41, 5.74) is 0. The van der Waals surface area contributed by atoms with Gasteiger partial charge in [0.25, 0.3) is 0 Å². The molecule has 0 aromatic heterocycles. The van der Waals surface area contributed by atoms with Gasteiger partial charge >= 0.3 is 0 Å². The first-order valence-corrected chi connectivity index (χ1v) is 6.22. The molecule has 0 amide bonds. The second kappa shape index (κ2) is 6.49. The van der Waals surface area contributed by atoms with E-state index in [2.05, 4.69) is 44.7 Å². The van der Waals surface area contributed by atoms with Gasteiger partial charge < -0.3 is 0 Å². The van der Waals surface area contributed by atoms with E-state index >= 15 is 0 Å². The first kappa shape index (κ1) is 11.1. The van der Waals surface area contributed by atoms with Crippen LogP contribution in [0.4, 0.5) is 0 Å². The average Bonchev–Trinajstić information content (AvgIpc) is 2.59. The van der Waals surface area contributed by atoms with Gasteiger partial charge in [0.15, 0.2) is 0 Å². The molecule has 0 spiro atoms. The molecule has 0 aromatic carbocycles. The molecule has 0 saturated carbocycles. The summed E-state index contributed by atoms with van der Waals surface area (Å²) >= 11 is 12.6. The molecule has 0 saturated heterocycles. The van der Waals surface area contributed by atoms with Crippen LogP contribution in [0.25, 0.3) is 0 Å². The SMILES string of the molecule is S=C=NCC1=C(CN=C=S)SCS1. The lowest BCUT2D eigenvalue weighted by atomic mass is 10.5. The van der Waals surface area contributed by atoms with Gasteiger partial charge in [0.05, 0.1) is 23.4 Å². The molecular formula is C7H6N2S4. The van der Waals surface area contributed by atoms with E-state index in [1.807, 2.05) is 0 Å². The highest BCUT2D eigenvalue weighted by Gasteiger charge is 2.14. The third-order valence-corrected chi connectivity index (χ3v) is 4.13. The quantitative estimate of drug-likeness (QED) is 0.562. The molecule has 6 heteroatoms. The molecule has 0 radical (unpaired) electrons. The number of aliphatic imine (C=N–C) groups is 2. The third-order valence-electron chi connectivity index (χ3n) is 1.35. The van der Waals surface area contributed by atoms with E-state index in [9.17, 15) is 0 Å². The first-order chi connectivity index (χ1) is 6.38. The zero-order valence-corrected chi connectivity index (χ0v) is 9.91. The van der Waals surface area contributed by atoms with Gasteiger partial charge in [-0.2, -0.15) is 0 Å². The fourth-order valence-electron chi connectivity index (χ4n) is 0.809. The number of thiocarbonyl (C=S) groups is 2. The topological polar surface area (TPSA) is 24.7 Å². The third kappa shape index (κ3) is 3.73. The Morgan fingerprint density at radius 3 is 1.92 bits per heavy atom. The van der Waals surface area contributed by atoms with E-state index in [1.165, 1.54) is 9.81 Å². The number of rotatable bonds is 4. The van der Waals surface area contributed by atoms with Crippen LogP contribution in [0.2, 0.25) is 0 Å². The molecule has 0 unspecified atom stereocenters. The van der Waals surface area contributed by atoms with E-state index in [4.69, 9.17) is 0 Å². The van der Waals surface area contributed by atoms with Gasteiger partial charge in [-0.3, -0.25) is 0 Å².